The predicted octanol–water partition coefficient (Wildman–Crippen LogP) is 2.43. The van der Waals surface area contributed by atoms with Gasteiger partial charge in [0.25, 0.3) is 0 Å². The first-order valence-electron chi connectivity index (χ1n) is 5.97. The summed E-state index contributed by atoms with van der Waals surface area (Å²) < 4.78 is 0. The lowest BCUT2D eigenvalue weighted by Crippen LogP contribution is -1.98. The summed E-state index contributed by atoms with van der Waals surface area (Å²) in [5, 5.41) is 7.97. The van der Waals surface area contributed by atoms with E-state index in [-0.39, 0.29) is 0 Å². The van der Waals surface area contributed by atoms with Gasteiger partial charge in [-0.2, -0.15) is 10.2 Å². The topological polar surface area (TPSA) is 51.8 Å². The number of benzene rings is 1. The number of hydrogen-bond acceptors (Lipinski definition) is 3. The third kappa shape index (κ3) is 3.36. The van der Waals surface area contributed by atoms with Gasteiger partial charge in [-0.05, 0) is 43.5 Å². The molecule has 0 aliphatic carbocycles. The Kier molecular flexibility index (Phi) is 4.22. The SMILES string of the molecule is NCCCCc1ccc(-c2cccnn2)cc1. The molecule has 3 heteroatoms. The molecule has 0 aliphatic rings. The highest BCUT2D eigenvalue weighted by Crippen LogP contribution is 2.17. The van der Waals surface area contributed by atoms with Gasteiger partial charge in [0.1, 0.15) is 0 Å². The second-order valence-corrected chi connectivity index (χ2v) is 4.05. The summed E-state index contributed by atoms with van der Waals surface area (Å²) in [5.41, 5.74) is 8.86. The Morgan fingerprint density at radius 2 is 1.82 bits per heavy atom. The number of hydrogen-bond donors (Lipinski definition) is 1. The number of nitrogens with zero attached hydrogens (tertiary/aromatic N) is 2. The third-order valence-electron chi connectivity index (χ3n) is 2.74. The van der Waals surface area contributed by atoms with E-state index in [1.54, 1.807) is 6.20 Å². The van der Waals surface area contributed by atoms with Crippen molar-refractivity contribution < 1.29 is 0 Å². The van der Waals surface area contributed by atoms with E-state index < -0.39 is 0 Å². The number of aryl methyl sites for hydroxylation is 1. The van der Waals surface area contributed by atoms with Gasteiger partial charge in [0.15, 0.2) is 0 Å². The van der Waals surface area contributed by atoms with Crippen molar-refractivity contribution in [3.63, 3.8) is 0 Å². The molecule has 1 aromatic carbocycles. The molecule has 0 amide bonds. The summed E-state index contributed by atoms with van der Waals surface area (Å²) in [5.74, 6) is 0. The van der Waals surface area contributed by atoms with E-state index >= 15 is 0 Å². The highest BCUT2D eigenvalue weighted by atomic mass is 15.1. The van der Waals surface area contributed by atoms with Crippen molar-refractivity contribution >= 4 is 0 Å². The maximum Gasteiger partial charge on any atom is 0.0929 e. The van der Waals surface area contributed by atoms with Crippen LogP contribution in [0.25, 0.3) is 11.3 Å². The van der Waals surface area contributed by atoms with Gasteiger partial charge in [-0.15, -0.1) is 0 Å². The lowest BCUT2D eigenvalue weighted by Gasteiger charge is -2.03. The summed E-state index contributed by atoms with van der Waals surface area (Å²) >= 11 is 0. The van der Waals surface area contributed by atoms with Gasteiger partial charge in [0, 0.05) is 11.8 Å². The molecule has 0 unspecified atom stereocenters. The van der Waals surface area contributed by atoms with Crippen molar-refractivity contribution in [1.82, 2.24) is 10.2 Å². The zero-order valence-corrected chi connectivity index (χ0v) is 9.84. The minimum atomic E-state index is 0.775. The van der Waals surface area contributed by atoms with E-state index in [1.165, 1.54) is 5.56 Å². The van der Waals surface area contributed by atoms with Crippen LogP contribution in [0.1, 0.15) is 18.4 Å². The number of rotatable bonds is 5. The molecule has 1 heterocycles. The lowest BCUT2D eigenvalue weighted by molar-refractivity contribution is 0.745. The molecule has 2 aromatic rings. The molecule has 1 aromatic heterocycles. The second kappa shape index (κ2) is 6.11. The molecular weight excluding hydrogens is 210 g/mol. The van der Waals surface area contributed by atoms with E-state index in [0.29, 0.717) is 0 Å². The van der Waals surface area contributed by atoms with Crippen LogP contribution >= 0.6 is 0 Å². The van der Waals surface area contributed by atoms with E-state index in [0.717, 1.165) is 37.1 Å². The molecule has 88 valence electrons. The van der Waals surface area contributed by atoms with Crippen LogP contribution in [0.5, 0.6) is 0 Å². The molecule has 0 fully saturated rings. The van der Waals surface area contributed by atoms with Gasteiger partial charge >= 0.3 is 0 Å². The van der Waals surface area contributed by atoms with Gasteiger partial charge in [0.05, 0.1) is 5.69 Å². The quantitative estimate of drug-likeness (QED) is 0.798. The van der Waals surface area contributed by atoms with Crippen molar-refractivity contribution in [2.45, 2.75) is 19.3 Å². The number of nitrogens with two attached hydrogens (primary N) is 1. The van der Waals surface area contributed by atoms with Crippen molar-refractivity contribution in [1.29, 1.82) is 0 Å². The highest BCUT2D eigenvalue weighted by molar-refractivity contribution is 5.58. The Bertz CT molecular complexity index is 437. The Balaban J connectivity index is 2.03. The average Bonchev–Trinajstić information content (AvgIpc) is 2.41. The second-order valence-electron chi connectivity index (χ2n) is 4.05. The monoisotopic (exact) mass is 227 g/mol. The summed E-state index contributed by atoms with van der Waals surface area (Å²) in [6.45, 7) is 0.775. The molecule has 0 saturated carbocycles. The molecular formula is C14H17N3. The predicted molar refractivity (Wildman–Crippen MR) is 69.5 cm³/mol. The highest BCUT2D eigenvalue weighted by Gasteiger charge is 1.99. The molecule has 0 atom stereocenters. The smallest absolute Gasteiger partial charge is 0.0929 e. The summed E-state index contributed by atoms with van der Waals surface area (Å²) in [4.78, 5) is 0. The van der Waals surface area contributed by atoms with Crippen molar-refractivity contribution in [3.05, 3.63) is 48.2 Å². The summed E-state index contributed by atoms with van der Waals surface area (Å²) in [7, 11) is 0. The van der Waals surface area contributed by atoms with E-state index in [1.807, 2.05) is 12.1 Å². The van der Waals surface area contributed by atoms with Crippen LogP contribution in [0, 0.1) is 0 Å². The minimum Gasteiger partial charge on any atom is -0.330 e. The van der Waals surface area contributed by atoms with Crippen LogP contribution in [0.15, 0.2) is 42.6 Å². The summed E-state index contributed by atoms with van der Waals surface area (Å²) in [6.07, 6.45) is 5.02. The fourth-order valence-electron chi connectivity index (χ4n) is 1.77. The number of unbranched alkanes of at least 4 members (excludes halogenated alkanes) is 1. The van der Waals surface area contributed by atoms with Crippen LogP contribution in [0.3, 0.4) is 0 Å². The Morgan fingerprint density at radius 3 is 2.47 bits per heavy atom. The van der Waals surface area contributed by atoms with Crippen molar-refractivity contribution in [2.24, 2.45) is 5.73 Å². The van der Waals surface area contributed by atoms with Crippen LogP contribution < -0.4 is 5.73 Å². The molecule has 0 saturated heterocycles. The van der Waals surface area contributed by atoms with Gasteiger partial charge in [-0.1, -0.05) is 24.3 Å². The lowest BCUT2D eigenvalue weighted by atomic mass is 10.0. The molecule has 2 rings (SSSR count). The molecule has 0 spiro atoms. The van der Waals surface area contributed by atoms with Gasteiger partial charge < -0.3 is 5.73 Å². The van der Waals surface area contributed by atoms with Crippen molar-refractivity contribution in [2.75, 3.05) is 6.54 Å². The van der Waals surface area contributed by atoms with Crippen LogP contribution in [0.2, 0.25) is 0 Å². The molecule has 2 N–H and O–H groups in total. The normalized spacial score (nSPS) is 10.4. The van der Waals surface area contributed by atoms with E-state index in [9.17, 15) is 0 Å². The molecule has 17 heavy (non-hydrogen) atoms. The maximum atomic E-state index is 5.48. The fraction of sp³-hybridized carbons (Fsp3) is 0.286. The van der Waals surface area contributed by atoms with E-state index in [4.69, 9.17) is 5.73 Å². The zero-order valence-electron chi connectivity index (χ0n) is 9.84. The molecule has 0 bridgehead atoms. The molecule has 3 nitrogen and oxygen atoms in total. The molecule has 0 radical (unpaired) electrons. The van der Waals surface area contributed by atoms with Crippen molar-refractivity contribution in [3.8, 4) is 11.3 Å². The maximum absolute atomic E-state index is 5.48. The van der Waals surface area contributed by atoms with Crippen LogP contribution in [-0.2, 0) is 6.42 Å². The summed E-state index contributed by atoms with van der Waals surface area (Å²) in [6, 6.07) is 12.4. The van der Waals surface area contributed by atoms with Gasteiger partial charge in [-0.3, -0.25) is 0 Å². The van der Waals surface area contributed by atoms with E-state index in [2.05, 4.69) is 34.5 Å². The number of aromatic nitrogens is 2. The first kappa shape index (κ1) is 11.7. The first-order chi connectivity index (χ1) is 8.40. The standard InChI is InChI=1S/C14H17N3/c15-10-2-1-4-12-6-8-13(9-7-12)14-5-3-11-16-17-14/h3,5-9,11H,1-2,4,10,15H2. The van der Waals surface area contributed by atoms with Crippen LogP contribution in [-0.4, -0.2) is 16.7 Å². The van der Waals surface area contributed by atoms with Crippen LogP contribution in [0.4, 0.5) is 0 Å². The minimum absolute atomic E-state index is 0.775. The zero-order chi connectivity index (χ0) is 11.9. The Morgan fingerprint density at radius 1 is 1.00 bits per heavy atom. The average molecular weight is 227 g/mol. The Hall–Kier alpha value is -1.74. The van der Waals surface area contributed by atoms with Gasteiger partial charge in [-0.25, -0.2) is 0 Å². The Labute approximate surface area is 102 Å². The fourth-order valence-corrected chi connectivity index (χ4v) is 1.77. The molecule has 0 aliphatic heterocycles. The van der Waals surface area contributed by atoms with Gasteiger partial charge in [0.2, 0.25) is 0 Å². The third-order valence-corrected chi connectivity index (χ3v) is 2.74. The first-order valence-corrected chi connectivity index (χ1v) is 5.97. The largest absolute Gasteiger partial charge is 0.330 e.